The molecule has 3 N–H and O–H groups in total. The number of rotatable bonds is 4. The number of hydrogen-bond donors (Lipinski definition) is 2. The Bertz CT molecular complexity index is 230. The van der Waals surface area contributed by atoms with Crippen molar-refractivity contribution in [1.29, 1.82) is 0 Å². The molecule has 0 aliphatic carbocycles. The van der Waals surface area contributed by atoms with Crippen LogP contribution in [0, 0.1) is 5.92 Å². The second kappa shape index (κ2) is 6.21. The largest absolute Gasteiger partial charge is 0.353 e. The van der Waals surface area contributed by atoms with Crippen molar-refractivity contribution in [3.05, 3.63) is 0 Å². The van der Waals surface area contributed by atoms with Crippen LogP contribution < -0.4 is 11.1 Å². The highest BCUT2D eigenvalue weighted by Crippen LogP contribution is 2.14. The maximum atomic E-state index is 11.7. The van der Waals surface area contributed by atoms with Crippen molar-refractivity contribution < 1.29 is 4.79 Å². The minimum atomic E-state index is -0.381. The molecule has 1 aliphatic heterocycles. The fourth-order valence-corrected chi connectivity index (χ4v) is 2.04. The van der Waals surface area contributed by atoms with E-state index < -0.39 is 0 Å². The van der Waals surface area contributed by atoms with Gasteiger partial charge in [-0.25, -0.2) is 0 Å². The zero-order valence-corrected chi connectivity index (χ0v) is 10.7. The summed E-state index contributed by atoms with van der Waals surface area (Å²) in [5, 5.41) is 2.96. The molecule has 4 nitrogen and oxygen atoms in total. The summed E-state index contributed by atoms with van der Waals surface area (Å²) in [6.45, 7) is 5.81. The van der Waals surface area contributed by atoms with Gasteiger partial charge in [0.2, 0.25) is 5.91 Å². The molecule has 1 fully saturated rings. The van der Waals surface area contributed by atoms with Gasteiger partial charge in [-0.2, -0.15) is 0 Å². The molecule has 0 aromatic carbocycles. The number of hydrogen-bond acceptors (Lipinski definition) is 3. The lowest BCUT2D eigenvalue weighted by molar-refractivity contribution is -0.123. The number of carbonyl (C=O) groups is 1. The molecule has 1 unspecified atom stereocenters. The Morgan fingerprint density at radius 3 is 2.75 bits per heavy atom. The van der Waals surface area contributed by atoms with Gasteiger partial charge in [0.05, 0.1) is 6.04 Å². The van der Waals surface area contributed by atoms with Gasteiger partial charge in [-0.05, 0) is 32.4 Å². The predicted octanol–water partition coefficient (Wildman–Crippen LogP) is 0.570. The first-order chi connectivity index (χ1) is 7.52. The van der Waals surface area contributed by atoms with Crippen LogP contribution in [0.15, 0.2) is 0 Å². The number of nitrogens with one attached hydrogen (secondary N) is 1. The van der Waals surface area contributed by atoms with E-state index in [1.54, 1.807) is 0 Å². The molecule has 0 saturated carbocycles. The zero-order valence-electron chi connectivity index (χ0n) is 10.7. The van der Waals surface area contributed by atoms with E-state index in [-0.39, 0.29) is 17.9 Å². The molecule has 1 rings (SSSR count). The highest BCUT2D eigenvalue weighted by molar-refractivity contribution is 5.81. The lowest BCUT2D eigenvalue weighted by atomic mass is 10.0. The van der Waals surface area contributed by atoms with Crippen molar-refractivity contribution in [2.24, 2.45) is 11.7 Å². The molecule has 16 heavy (non-hydrogen) atoms. The summed E-state index contributed by atoms with van der Waals surface area (Å²) in [6.07, 6.45) is 3.71. The monoisotopic (exact) mass is 227 g/mol. The molecule has 0 radical (unpaired) electrons. The second-order valence-corrected chi connectivity index (χ2v) is 5.15. The molecule has 1 saturated heterocycles. The fourth-order valence-electron chi connectivity index (χ4n) is 2.04. The Kier molecular flexibility index (Phi) is 5.22. The van der Waals surface area contributed by atoms with Gasteiger partial charge in [-0.1, -0.05) is 20.3 Å². The molecular weight excluding hydrogens is 202 g/mol. The van der Waals surface area contributed by atoms with Crippen LogP contribution in [-0.4, -0.2) is 43.0 Å². The zero-order chi connectivity index (χ0) is 12.1. The van der Waals surface area contributed by atoms with Crippen molar-refractivity contribution in [3.63, 3.8) is 0 Å². The second-order valence-electron chi connectivity index (χ2n) is 5.15. The van der Waals surface area contributed by atoms with E-state index in [1.807, 2.05) is 13.8 Å². The Labute approximate surface area is 98.6 Å². The van der Waals surface area contributed by atoms with E-state index >= 15 is 0 Å². The van der Waals surface area contributed by atoms with E-state index in [9.17, 15) is 4.79 Å². The quantitative estimate of drug-likeness (QED) is 0.738. The molecule has 2 atom stereocenters. The summed E-state index contributed by atoms with van der Waals surface area (Å²) in [4.78, 5) is 14.0. The van der Waals surface area contributed by atoms with Crippen LogP contribution >= 0.6 is 0 Å². The molecule has 0 aromatic heterocycles. The SMILES string of the molecule is CC(C)[C@H](N)C(=O)NCC1CCCCN1C. The summed E-state index contributed by atoms with van der Waals surface area (Å²) < 4.78 is 0. The van der Waals surface area contributed by atoms with Crippen molar-refractivity contribution in [1.82, 2.24) is 10.2 Å². The average molecular weight is 227 g/mol. The molecule has 94 valence electrons. The van der Waals surface area contributed by atoms with Gasteiger partial charge >= 0.3 is 0 Å². The average Bonchev–Trinajstić information content (AvgIpc) is 2.26. The van der Waals surface area contributed by atoms with Crippen molar-refractivity contribution in [3.8, 4) is 0 Å². The molecule has 4 heteroatoms. The van der Waals surface area contributed by atoms with Crippen LogP contribution in [0.3, 0.4) is 0 Å². The molecule has 1 aliphatic rings. The van der Waals surface area contributed by atoms with Crippen molar-refractivity contribution >= 4 is 5.91 Å². The molecule has 0 spiro atoms. The number of amides is 1. The number of likely N-dealkylation sites (N-methyl/N-ethyl adjacent to an activating group) is 1. The maximum absolute atomic E-state index is 11.7. The van der Waals surface area contributed by atoms with Gasteiger partial charge < -0.3 is 16.0 Å². The van der Waals surface area contributed by atoms with Gasteiger partial charge in [-0.3, -0.25) is 4.79 Å². The van der Waals surface area contributed by atoms with E-state index in [1.165, 1.54) is 19.3 Å². The third-order valence-electron chi connectivity index (χ3n) is 3.45. The first-order valence-corrected chi connectivity index (χ1v) is 6.26. The standard InChI is InChI=1S/C12H25N3O/c1-9(2)11(13)12(16)14-8-10-6-4-5-7-15(10)3/h9-11H,4-8,13H2,1-3H3,(H,14,16)/t10?,11-/m0/s1. The number of nitrogens with two attached hydrogens (primary N) is 1. The van der Waals surface area contributed by atoms with Gasteiger partial charge in [0.1, 0.15) is 0 Å². The third-order valence-corrected chi connectivity index (χ3v) is 3.45. The normalized spacial score (nSPS) is 24.4. The van der Waals surface area contributed by atoms with Crippen LogP contribution in [0.4, 0.5) is 0 Å². The summed E-state index contributed by atoms with van der Waals surface area (Å²) in [5.41, 5.74) is 5.78. The number of likely N-dealkylation sites (tertiary alicyclic amines) is 1. The molecule has 1 heterocycles. The highest BCUT2D eigenvalue weighted by atomic mass is 16.2. The first kappa shape index (κ1) is 13.5. The van der Waals surface area contributed by atoms with E-state index in [0.29, 0.717) is 6.04 Å². The number of nitrogens with zero attached hydrogens (tertiary/aromatic N) is 1. The van der Waals surface area contributed by atoms with Crippen LogP contribution in [0.5, 0.6) is 0 Å². The fraction of sp³-hybridized carbons (Fsp3) is 0.917. The molecular formula is C12H25N3O. The molecule has 1 amide bonds. The summed E-state index contributed by atoms with van der Waals surface area (Å²) in [5.74, 6) is 0.179. The molecule has 0 bridgehead atoms. The van der Waals surface area contributed by atoms with Crippen LogP contribution in [-0.2, 0) is 4.79 Å². The highest BCUT2D eigenvalue weighted by Gasteiger charge is 2.21. The predicted molar refractivity (Wildman–Crippen MR) is 66.1 cm³/mol. The number of piperidine rings is 1. The van der Waals surface area contributed by atoms with Gasteiger partial charge in [0.15, 0.2) is 0 Å². The topological polar surface area (TPSA) is 58.4 Å². The van der Waals surface area contributed by atoms with Crippen LogP contribution in [0.1, 0.15) is 33.1 Å². The Hall–Kier alpha value is -0.610. The Morgan fingerprint density at radius 2 is 2.19 bits per heavy atom. The maximum Gasteiger partial charge on any atom is 0.237 e. The van der Waals surface area contributed by atoms with E-state index in [4.69, 9.17) is 5.73 Å². The van der Waals surface area contributed by atoms with E-state index in [2.05, 4.69) is 17.3 Å². The van der Waals surface area contributed by atoms with Crippen LogP contribution in [0.25, 0.3) is 0 Å². The summed E-state index contributed by atoms with van der Waals surface area (Å²) >= 11 is 0. The molecule has 0 aromatic rings. The van der Waals surface area contributed by atoms with E-state index in [0.717, 1.165) is 13.1 Å². The van der Waals surface area contributed by atoms with Gasteiger partial charge in [-0.15, -0.1) is 0 Å². The Balaban J connectivity index is 2.30. The lowest BCUT2D eigenvalue weighted by Gasteiger charge is -2.32. The summed E-state index contributed by atoms with van der Waals surface area (Å²) in [7, 11) is 2.12. The smallest absolute Gasteiger partial charge is 0.237 e. The first-order valence-electron chi connectivity index (χ1n) is 6.26. The summed E-state index contributed by atoms with van der Waals surface area (Å²) in [6, 6.07) is 0.103. The lowest BCUT2D eigenvalue weighted by Crippen LogP contribution is -2.49. The van der Waals surface area contributed by atoms with Gasteiger partial charge in [0.25, 0.3) is 0 Å². The Morgan fingerprint density at radius 1 is 1.50 bits per heavy atom. The van der Waals surface area contributed by atoms with Gasteiger partial charge in [0, 0.05) is 12.6 Å². The number of carbonyl (C=O) groups excluding carboxylic acids is 1. The minimum Gasteiger partial charge on any atom is -0.353 e. The van der Waals surface area contributed by atoms with Crippen LogP contribution in [0.2, 0.25) is 0 Å². The van der Waals surface area contributed by atoms with Crippen molar-refractivity contribution in [2.75, 3.05) is 20.1 Å². The minimum absolute atomic E-state index is 0.0195. The van der Waals surface area contributed by atoms with Crippen molar-refractivity contribution in [2.45, 2.75) is 45.2 Å². The third kappa shape index (κ3) is 3.76.